The first-order valence-electron chi connectivity index (χ1n) is 11.3. The molecule has 33 heavy (non-hydrogen) atoms. The van der Waals surface area contributed by atoms with Gasteiger partial charge in [-0.25, -0.2) is 4.79 Å². The number of carbonyl (C=O) groups excluding carboxylic acids is 2. The fourth-order valence-electron chi connectivity index (χ4n) is 3.81. The van der Waals surface area contributed by atoms with E-state index in [1.807, 2.05) is 54.6 Å². The number of para-hydroxylation sites is 1. The maximum atomic E-state index is 12.6. The van der Waals surface area contributed by atoms with Gasteiger partial charge < -0.3 is 19.7 Å². The standard InChI is InChI=1S/C27H28N2O4/c30-26(28-22-13-15-23(16-14-22)29-17-7-2-8-18-29)20-33-27(31)24-11-5-6-12-25(24)32-19-21-9-3-1-4-10-21/h1,3-6,9-16H,2,7-8,17-20H2,(H,28,30). The van der Waals surface area contributed by atoms with Crippen molar-refractivity contribution in [1.82, 2.24) is 0 Å². The molecule has 1 N–H and O–H groups in total. The summed E-state index contributed by atoms with van der Waals surface area (Å²) in [7, 11) is 0. The molecule has 1 saturated heterocycles. The van der Waals surface area contributed by atoms with Crippen molar-refractivity contribution in [2.75, 3.05) is 29.9 Å². The van der Waals surface area contributed by atoms with Crippen molar-refractivity contribution < 1.29 is 19.1 Å². The summed E-state index contributed by atoms with van der Waals surface area (Å²) in [6, 6.07) is 24.3. The van der Waals surface area contributed by atoms with Gasteiger partial charge in [0.25, 0.3) is 5.91 Å². The van der Waals surface area contributed by atoms with Gasteiger partial charge in [-0.05, 0) is 61.2 Å². The summed E-state index contributed by atoms with van der Waals surface area (Å²) in [4.78, 5) is 27.2. The van der Waals surface area contributed by atoms with Crippen molar-refractivity contribution in [2.45, 2.75) is 25.9 Å². The largest absolute Gasteiger partial charge is 0.488 e. The molecule has 1 amide bonds. The summed E-state index contributed by atoms with van der Waals surface area (Å²) in [5.41, 5.74) is 3.10. The summed E-state index contributed by atoms with van der Waals surface area (Å²) in [6.45, 7) is 2.09. The van der Waals surface area contributed by atoms with Gasteiger partial charge in [-0.2, -0.15) is 0 Å². The quantitative estimate of drug-likeness (QED) is 0.493. The molecule has 3 aromatic rings. The summed E-state index contributed by atoms with van der Waals surface area (Å²) < 4.78 is 11.0. The van der Waals surface area contributed by atoms with Gasteiger partial charge in [-0.15, -0.1) is 0 Å². The smallest absolute Gasteiger partial charge is 0.342 e. The van der Waals surface area contributed by atoms with Gasteiger partial charge >= 0.3 is 5.97 Å². The molecule has 0 bridgehead atoms. The lowest BCUT2D eigenvalue weighted by molar-refractivity contribution is -0.119. The van der Waals surface area contributed by atoms with E-state index in [1.165, 1.54) is 19.3 Å². The average molecular weight is 445 g/mol. The zero-order valence-corrected chi connectivity index (χ0v) is 18.5. The number of rotatable bonds is 8. The molecule has 4 rings (SSSR count). The van der Waals surface area contributed by atoms with E-state index in [2.05, 4.69) is 10.2 Å². The lowest BCUT2D eigenvalue weighted by Crippen LogP contribution is -2.29. The zero-order valence-electron chi connectivity index (χ0n) is 18.5. The number of carbonyl (C=O) groups is 2. The number of piperidine rings is 1. The van der Waals surface area contributed by atoms with Crippen LogP contribution in [0.2, 0.25) is 0 Å². The minimum absolute atomic E-state index is 0.284. The first-order valence-corrected chi connectivity index (χ1v) is 11.3. The van der Waals surface area contributed by atoms with E-state index < -0.39 is 11.9 Å². The van der Waals surface area contributed by atoms with Crippen LogP contribution in [0, 0.1) is 0 Å². The lowest BCUT2D eigenvalue weighted by Gasteiger charge is -2.28. The number of anilines is 2. The number of ether oxygens (including phenoxy) is 2. The van der Waals surface area contributed by atoms with Crippen molar-refractivity contribution in [3.8, 4) is 5.75 Å². The van der Waals surface area contributed by atoms with E-state index >= 15 is 0 Å². The van der Waals surface area contributed by atoms with Crippen molar-refractivity contribution in [2.24, 2.45) is 0 Å². The van der Waals surface area contributed by atoms with Gasteiger partial charge in [0.2, 0.25) is 0 Å². The van der Waals surface area contributed by atoms with E-state index in [1.54, 1.807) is 24.3 Å². The minimum atomic E-state index is -0.603. The first kappa shape index (κ1) is 22.4. The second-order valence-corrected chi connectivity index (χ2v) is 7.99. The topological polar surface area (TPSA) is 67.9 Å². The van der Waals surface area contributed by atoms with Crippen molar-refractivity contribution in [3.63, 3.8) is 0 Å². The predicted octanol–water partition coefficient (Wildman–Crippen LogP) is 5.05. The second kappa shape index (κ2) is 11.2. The Hall–Kier alpha value is -3.80. The summed E-state index contributed by atoms with van der Waals surface area (Å²) in [5, 5.41) is 2.77. The predicted molar refractivity (Wildman–Crippen MR) is 129 cm³/mol. The summed E-state index contributed by atoms with van der Waals surface area (Å²) in [6.07, 6.45) is 3.71. The molecule has 0 saturated carbocycles. The van der Waals surface area contributed by atoms with Gasteiger partial charge in [0.05, 0.1) is 0 Å². The molecule has 1 aliphatic heterocycles. The first-order chi connectivity index (χ1) is 16.2. The number of hydrogen-bond donors (Lipinski definition) is 1. The van der Waals surface area contributed by atoms with Gasteiger partial charge in [0.15, 0.2) is 6.61 Å². The van der Waals surface area contributed by atoms with Crippen LogP contribution in [0.15, 0.2) is 78.9 Å². The van der Waals surface area contributed by atoms with Crippen molar-refractivity contribution in [3.05, 3.63) is 90.0 Å². The van der Waals surface area contributed by atoms with Gasteiger partial charge in [-0.1, -0.05) is 42.5 Å². The van der Waals surface area contributed by atoms with Crippen LogP contribution in [0.25, 0.3) is 0 Å². The van der Waals surface area contributed by atoms with E-state index in [0.29, 0.717) is 18.0 Å². The number of nitrogens with one attached hydrogen (secondary N) is 1. The Kier molecular flexibility index (Phi) is 7.59. The number of hydrogen-bond acceptors (Lipinski definition) is 5. The van der Waals surface area contributed by atoms with E-state index in [9.17, 15) is 9.59 Å². The number of benzene rings is 3. The van der Waals surface area contributed by atoms with Crippen LogP contribution in [0.4, 0.5) is 11.4 Å². The zero-order chi connectivity index (χ0) is 22.9. The number of esters is 1. The monoisotopic (exact) mass is 444 g/mol. The fraction of sp³-hybridized carbons (Fsp3) is 0.259. The third kappa shape index (κ3) is 6.35. The molecule has 0 aliphatic carbocycles. The minimum Gasteiger partial charge on any atom is -0.488 e. The Bertz CT molecular complexity index is 1060. The fourth-order valence-corrected chi connectivity index (χ4v) is 3.81. The van der Waals surface area contributed by atoms with Crippen LogP contribution >= 0.6 is 0 Å². The Morgan fingerprint density at radius 3 is 2.27 bits per heavy atom. The molecule has 6 heteroatoms. The molecule has 1 heterocycles. The van der Waals surface area contributed by atoms with Crippen LogP contribution in [0.3, 0.4) is 0 Å². The number of nitrogens with zero attached hydrogens (tertiary/aromatic N) is 1. The highest BCUT2D eigenvalue weighted by Gasteiger charge is 2.16. The molecule has 6 nitrogen and oxygen atoms in total. The second-order valence-electron chi connectivity index (χ2n) is 7.99. The van der Waals surface area contributed by atoms with Gasteiger partial charge in [-0.3, -0.25) is 4.79 Å². The Morgan fingerprint density at radius 2 is 1.52 bits per heavy atom. The molecule has 0 unspecified atom stereocenters. The molecule has 0 atom stereocenters. The summed E-state index contributed by atoms with van der Waals surface area (Å²) >= 11 is 0. The van der Waals surface area contributed by atoms with Crippen molar-refractivity contribution in [1.29, 1.82) is 0 Å². The van der Waals surface area contributed by atoms with E-state index in [4.69, 9.17) is 9.47 Å². The Balaban J connectivity index is 1.28. The van der Waals surface area contributed by atoms with Crippen LogP contribution in [-0.2, 0) is 16.1 Å². The third-order valence-electron chi connectivity index (χ3n) is 5.55. The van der Waals surface area contributed by atoms with E-state index in [-0.39, 0.29) is 12.2 Å². The third-order valence-corrected chi connectivity index (χ3v) is 5.55. The normalized spacial score (nSPS) is 13.3. The Labute approximate surface area is 194 Å². The van der Waals surface area contributed by atoms with Crippen LogP contribution in [-0.4, -0.2) is 31.6 Å². The van der Waals surface area contributed by atoms with E-state index in [0.717, 1.165) is 24.3 Å². The highest BCUT2D eigenvalue weighted by molar-refractivity contribution is 5.96. The molecular weight excluding hydrogens is 416 g/mol. The highest BCUT2D eigenvalue weighted by atomic mass is 16.5. The maximum Gasteiger partial charge on any atom is 0.342 e. The van der Waals surface area contributed by atoms with Crippen molar-refractivity contribution >= 4 is 23.3 Å². The lowest BCUT2D eigenvalue weighted by atomic mass is 10.1. The molecule has 3 aromatic carbocycles. The number of amides is 1. The van der Waals surface area contributed by atoms with Gasteiger partial charge in [0, 0.05) is 24.5 Å². The summed E-state index contributed by atoms with van der Waals surface area (Å²) in [5.74, 6) is -0.578. The SMILES string of the molecule is O=C(COC(=O)c1ccccc1OCc1ccccc1)Nc1ccc(N2CCCCC2)cc1. The van der Waals surface area contributed by atoms with Gasteiger partial charge in [0.1, 0.15) is 17.9 Å². The molecule has 170 valence electrons. The molecule has 0 radical (unpaired) electrons. The maximum absolute atomic E-state index is 12.6. The van der Waals surface area contributed by atoms with Crippen LogP contribution in [0.5, 0.6) is 5.75 Å². The molecule has 1 fully saturated rings. The Morgan fingerprint density at radius 1 is 0.818 bits per heavy atom. The highest BCUT2D eigenvalue weighted by Crippen LogP contribution is 2.22. The molecule has 1 aliphatic rings. The molecular formula is C27H28N2O4. The molecule has 0 spiro atoms. The van der Waals surface area contributed by atoms with Crippen LogP contribution in [0.1, 0.15) is 35.2 Å². The average Bonchev–Trinajstić information content (AvgIpc) is 2.88. The van der Waals surface area contributed by atoms with Crippen LogP contribution < -0.4 is 15.0 Å². The molecule has 0 aromatic heterocycles.